The number of esters is 2. The van der Waals surface area contributed by atoms with E-state index in [0.29, 0.717) is 23.2 Å². The van der Waals surface area contributed by atoms with Gasteiger partial charge >= 0.3 is 11.9 Å². The van der Waals surface area contributed by atoms with Crippen LogP contribution in [0.15, 0.2) is 49.6 Å². The van der Waals surface area contributed by atoms with Gasteiger partial charge in [0.15, 0.2) is 0 Å². The van der Waals surface area contributed by atoms with Gasteiger partial charge in [0.05, 0.1) is 27.7 Å². The maximum Gasteiger partial charge on any atom is 0.333 e. The van der Waals surface area contributed by atoms with Crippen molar-refractivity contribution in [3.63, 3.8) is 0 Å². The lowest BCUT2D eigenvalue weighted by atomic mass is 10.3. The van der Waals surface area contributed by atoms with Crippen LogP contribution < -0.4 is 12.4 Å². The Hall–Kier alpha value is -1.89. The largest absolute Gasteiger partial charge is 1.00 e. The molecule has 0 aliphatic rings. The Kier molecular flexibility index (Phi) is 23.9. The summed E-state index contributed by atoms with van der Waals surface area (Å²) in [6.07, 6.45) is 3.12. The van der Waals surface area contributed by atoms with Crippen LogP contribution in [0.25, 0.3) is 0 Å². The Morgan fingerprint density at radius 3 is 1.82 bits per heavy atom. The van der Waals surface area contributed by atoms with E-state index in [4.69, 9.17) is 4.74 Å². The Labute approximate surface area is 177 Å². The van der Waals surface area contributed by atoms with E-state index in [1.165, 1.54) is 0 Å². The van der Waals surface area contributed by atoms with Gasteiger partial charge in [-0.1, -0.05) is 44.9 Å². The number of likely N-dealkylation sites (N-methyl/N-ethyl adjacent to an activating group) is 1. The average molecular weight is 420 g/mol. The molecular formula is C21H38ClNO5. The van der Waals surface area contributed by atoms with Crippen molar-refractivity contribution >= 4 is 11.9 Å². The fourth-order valence-electron chi connectivity index (χ4n) is 1.24. The first kappa shape index (κ1) is 33.7. The molecule has 0 saturated carbocycles. The predicted octanol–water partition coefficient (Wildman–Crippen LogP) is 0.0509. The summed E-state index contributed by atoms with van der Waals surface area (Å²) in [5, 5.41) is 9.49. The maximum absolute atomic E-state index is 11.0. The molecule has 6 nitrogen and oxygen atoms in total. The molecule has 0 bridgehead atoms. The summed E-state index contributed by atoms with van der Waals surface area (Å²) in [6.45, 7) is 20.2. The standard InChI is InChI=1S/C10H20NO3.C6H10O2.C5H8.ClH/c1-8(2)10(13)14-7-9(12)6-11(3,4)5;1-3-5-8-6(7)4-2;1-4-5(2)3;/h9,12H,1,6-7H2,2-5H3;4H,2-3,5H2,1H3;4H,1-2H2,3H3;1H/q+1;;;/p-1. The molecule has 0 radical (unpaired) electrons. The third-order valence-electron chi connectivity index (χ3n) is 2.48. The van der Waals surface area contributed by atoms with Gasteiger partial charge in [-0.3, -0.25) is 0 Å². The number of aliphatic hydroxyl groups is 1. The third-order valence-corrected chi connectivity index (χ3v) is 2.48. The van der Waals surface area contributed by atoms with Gasteiger partial charge < -0.3 is 31.5 Å². The van der Waals surface area contributed by atoms with E-state index in [-0.39, 0.29) is 25.0 Å². The van der Waals surface area contributed by atoms with E-state index in [1.807, 2.05) is 35.0 Å². The number of rotatable bonds is 9. The fourth-order valence-corrected chi connectivity index (χ4v) is 1.24. The summed E-state index contributed by atoms with van der Waals surface area (Å²) >= 11 is 0. The van der Waals surface area contributed by atoms with Gasteiger partial charge in [0.25, 0.3) is 0 Å². The molecule has 0 amide bonds. The van der Waals surface area contributed by atoms with Crippen LogP contribution in [-0.4, -0.2) is 68.5 Å². The molecule has 0 heterocycles. The highest BCUT2D eigenvalue weighted by Crippen LogP contribution is 1.98. The van der Waals surface area contributed by atoms with Gasteiger partial charge in [-0.05, 0) is 20.3 Å². The number of halogens is 1. The summed E-state index contributed by atoms with van der Waals surface area (Å²) in [5.74, 6) is -0.794. The molecule has 0 saturated heterocycles. The summed E-state index contributed by atoms with van der Waals surface area (Å²) in [5.41, 5.74) is 1.37. The molecule has 0 spiro atoms. The molecule has 28 heavy (non-hydrogen) atoms. The smallest absolute Gasteiger partial charge is 0.333 e. The van der Waals surface area contributed by atoms with Crippen LogP contribution in [0, 0.1) is 0 Å². The zero-order chi connectivity index (χ0) is 22.0. The number of quaternary nitrogens is 1. The second-order valence-electron chi connectivity index (χ2n) is 6.93. The maximum atomic E-state index is 11.0. The Bertz CT molecular complexity index is 496. The zero-order valence-electron chi connectivity index (χ0n) is 18.3. The molecule has 1 atom stereocenters. The molecule has 1 unspecified atom stereocenters. The van der Waals surface area contributed by atoms with Crippen molar-refractivity contribution in [1.82, 2.24) is 0 Å². The lowest BCUT2D eigenvalue weighted by Crippen LogP contribution is -3.00. The molecule has 0 aromatic rings. The molecule has 0 fully saturated rings. The lowest BCUT2D eigenvalue weighted by molar-refractivity contribution is -0.873. The lowest BCUT2D eigenvalue weighted by Gasteiger charge is -2.26. The van der Waals surface area contributed by atoms with Crippen molar-refractivity contribution in [3.8, 4) is 0 Å². The summed E-state index contributed by atoms with van der Waals surface area (Å²) < 4.78 is 10.0. The Morgan fingerprint density at radius 1 is 1.07 bits per heavy atom. The van der Waals surface area contributed by atoms with Crippen LogP contribution in [0.1, 0.15) is 27.2 Å². The average Bonchev–Trinajstić information content (AvgIpc) is 2.56. The topological polar surface area (TPSA) is 72.8 Å². The Balaban J connectivity index is -0.000000174. The molecule has 0 rings (SSSR count). The van der Waals surface area contributed by atoms with Crippen LogP contribution in [0.4, 0.5) is 0 Å². The third kappa shape index (κ3) is 31.8. The second-order valence-corrected chi connectivity index (χ2v) is 6.93. The van der Waals surface area contributed by atoms with Crippen molar-refractivity contribution in [3.05, 3.63) is 49.6 Å². The fraction of sp³-hybridized carbons (Fsp3) is 0.524. The monoisotopic (exact) mass is 419 g/mol. The van der Waals surface area contributed by atoms with Gasteiger partial charge in [0.2, 0.25) is 0 Å². The quantitative estimate of drug-likeness (QED) is 0.247. The van der Waals surface area contributed by atoms with E-state index >= 15 is 0 Å². The highest BCUT2D eigenvalue weighted by molar-refractivity contribution is 5.86. The summed E-state index contributed by atoms with van der Waals surface area (Å²) in [6, 6.07) is 0. The van der Waals surface area contributed by atoms with Gasteiger partial charge in [-0.15, -0.1) is 0 Å². The normalized spacial score (nSPS) is 10.2. The van der Waals surface area contributed by atoms with Crippen molar-refractivity contribution in [2.75, 3.05) is 40.9 Å². The molecule has 0 aliphatic carbocycles. The van der Waals surface area contributed by atoms with Crippen molar-refractivity contribution in [2.24, 2.45) is 0 Å². The van der Waals surface area contributed by atoms with Gasteiger partial charge in [0, 0.05) is 11.6 Å². The van der Waals surface area contributed by atoms with E-state index in [1.54, 1.807) is 13.0 Å². The zero-order valence-corrected chi connectivity index (χ0v) is 19.1. The number of carbonyl (C=O) groups excluding carboxylic acids is 2. The van der Waals surface area contributed by atoms with Gasteiger partial charge in [0.1, 0.15) is 19.3 Å². The van der Waals surface area contributed by atoms with E-state index in [0.717, 1.165) is 18.1 Å². The highest BCUT2D eigenvalue weighted by atomic mass is 35.5. The van der Waals surface area contributed by atoms with Crippen molar-refractivity contribution in [1.29, 1.82) is 0 Å². The second kappa shape index (κ2) is 19.9. The van der Waals surface area contributed by atoms with Crippen LogP contribution in [0.5, 0.6) is 0 Å². The number of carbonyl (C=O) groups is 2. The number of ether oxygens (including phenoxy) is 2. The number of hydrogen-bond acceptors (Lipinski definition) is 5. The molecular weight excluding hydrogens is 382 g/mol. The SMILES string of the molecule is C=C(C)C(=O)OCC(O)C[N+](C)(C)C.C=CC(=C)C.C=CC(=O)OCCC.[Cl-]. The molecule has 0 aromatic heterocycles. The first-order valence-corrected chi connectivity index (χ1v) is 8.68. The first-order chi connectivity index (χ1) is 12.3. The minimum atomic E-state index is -0.627. The molecule has 164 valence electrons. The van der Waals surface area contributed by atoms with Crippen LogP contribution in [0.3, 0.4) is 0 Å². The van der Waals surface area contributed by atoms with Crippen LogP contribution >= 0.6 is 0 Å². The number of aliphatic hydroxyl groups excluding tert-OH is 1. The van der Waals surface area contributed by atoms with Gasteiger partial charge in [-0.25, -0.2) is 9.59 Å². The number of allylic oxidation sites excluding steroid dienone is 2. The minimum Gasteiger partial charge on any atom is -1.00 e. The minimum absolute atomic E-state index is 0. The first-order valence-electron chi connectivity index (χ1n) is 8.68. The van der Waals surface area contributed by atoms with Gasteiger partial charge in [-0.2, -0.15) is 0 Å². The molecule has 7 heteroatoms. The highest BCUT2D eigenvalue weighted by Gasteiger charge is 2.17. The van der Waals surface area contributed by atoms with E-state index in [2.05, 4.69) is 31.1 Å². The molecule has 0 aromatic carbocycles. The molecule has 0 aliphatic heterocycles. The van der Waals surface area contributed by atoms with Crippen molar-refractivity contribution < 1.29 is 41.1 Å². The van der Waals surface area contributed by atoms with E-state index < -0.39 is 12.1 Å². The number of hydrogen-bond donors (Lipinski definition) is 1. The summed E-state index contributed by atoms with van der Waals surface area (Å²) in [4.78, 5) is 21.2. The predicted molar refractivity (Wildman–Crippen MR) is 111 cm³/mol. The van der Waals surface area contributed by atoms with E-state index in [9.17, 15) is 14.7 Å². The molecule has 1 N–H and O–H groups in total. The summed E-state index contributed by atoms with van der Waals surface area (Å²) in [7, 11) is 5.89. The van der Waals surface area contributed by atoms with Crippen molar-refractivity contribution in [2.45, 2.75) is 33.3 Å². The number of nitrogens with zero attached hydrogens (tertiary/aromatic N) is 1. The Morgan fingerprint density at radius 2 is 1.54 bits per heavy atom. The van der Waals surface area contributed by atoms with Crippen LogP contribution in [-0.2, 0) is 19.1 Å². The van der Waals surface area contributed by atoms with Crippen LogP contribution in [0.2, 0.25) is 0 Å².